The molecule has 7 nitrogen and oxygen atoms in total. The fourth-order valence-electron chi connectivity index (χ4n) is 3.75. The van der Waals surface area contributed by atoms with Gasteiger partial charge < -0.3 is 20.3 Å². The smallest absolute Gasteiger partial charge is 0.319 e. The molecule has 3 amide bonds. The van der Waals surface area contributed by atoms with Crippen LogP contribution in [-0.2, 0) is 9.53 Å². The van der Waals surface area contributed by atoms with Gasteiger partial charge in [0.15, 0.2) is 0 Å². The molecule has 2 heterocycles. The number of hydrogen-bond donors (Lipinski definition) is 2. The number of amides is 3. The van der Waals surface area contributed by atoms with E-state index in [1.165, 1.54) is 12.1 Å². The summed E-state index contributed by atoms with van der Waals surface area (Å²) < 4.78 is 18.9. The van der Waals surface area contributed by atoms with Gasteiger partial charge >= 0.3 is 6.03 Å². The van der Waals surface area contributed by atoms with Crippen molar-refractivity contribution in [2.75, 3.05) is 51.2 Å². The molecule has 2 N–H and O–H groups in total. The van der Waals surface area contributed by atoms with Gasteiger partial charge in [-0.1, -0.05) is 13.0 Å². The van der Waals surface area contributed by atoms with Gasteiger partial charge in [-0.3, -0.25) is 9.69 Å². The zero-order valence-electron chi connectivity index (χ0n) is 16.3. The summed E-state index contributed by atoms with van der Waals surface area (Å²) in [6, 6.07) is 5.40. The van der Waals surface area contributed by atoms with Crippen molar-refractivity contribution < 1.29 is 18.7 Å². The molecule has 0 aromatic heterocycles. The van der Waals surface area contributed by atoms with Gasteiger partial charge in [0.1, 0.15) is 11.9 Å². The number of likely N-dealkylation sites (tertiary alicyclic amines) is 1. The van der Waals surface area contributed by atoms with Gasteiger partial charge in [0.2, 0.25) is 0 Å². The number of rotatable bonds is 5. The zero-order valence-corrected chi connectivity index (χ0v) is 16.3. The number of likely N-dealkylation sites (N-methyl/N-ethyl adjacent to an activating group) is 1. The topological polar surface area (TPSA) is 73.9 Å². The van der Waals surface area contributed by atoms with E-state index in [2.05, 4.69) is 22.5 Å². The second-order valence-corrected chi connectivity index (χ2v) is 7.39. The number of hydrogen-bond acceptors (Lipinski definition) is 4. The van der Waals surface area contributed by atoms with Gasteiger partial charge in [-0.25, -0.2) is 9.18 Å². The Kier molecular flexibility index (Phi) is 7.22. The van der Waals surface area contributed by atoms with Crippen LogP contribution in [0.3, 0.4) is 0 Å². The van der Waals surface area contributed by atoms with Crippen molar-refractivity contribution in [1.82, 2.24) is 15.1 Å². The normalized spacial score (nSPS) is 23.3. The van der Waals surface area contributed by atoms with Crippen molar-refractivity contribution in [3.05, 3.63) is 30.1 Å². The number of nitrogens with zero attached hydrogens (tertiary/aromatic N) is 2. The number of halogens is 1. The van der Waals surface area contributed by atoms with Crippen LogP contribution in [0.2, 0.25) is 0 Å². The standard InChI is InChI=1S/C20H29FN4O3/c1-2-24-9-10-28-18(14-24)19(26)25-8-4-5-15(13-25)12-22-20(27)23-17-7-3-6-16(21)11-17/h3,6-7,11,15,18H,2,4-5,8-10,12-14H2,1H3,(H2,22,23,27). The lowest BCUT2D eigenvalue weighted by Gasteiger charge is -2.38. The molecule has 2 aliphatic heterocycles. The Labute approximate surface area is 165 Å². The van der Waals surface area contributed by atoms with Crippen LogP contribution in [0, 0.1) is 11.7 Å². The summed E-state index contributed by atoms with van der Waals surface area (Å²) >= 11 is 0. The molecule has 0 radical (unpaired) electrons. The highest BCUT2D eigenvalue weighted by atomic mass is 19.1. The molecule has 0 spiro atoms. The van der Waals surface area contributed by atoms with E-state index in [4.69, 9.17) is 4.74 Å². The highest BCUT2D eigenvalue weighted by Gasteiger charge is 2.32. The fraction of sp³-hybridized carbons (Fsp3) is 0.600. The second-order valence-electron chi connectivity index (χ2n) is 7.39. The third-order valence-corrected chi connectivity index (χ3v) is 5.34. The minimum absolute atomic E-state index is 0.0482. The Morgan fingerprint density at radius 1 is 1.29 bits per heavy atom. The molecule has 2 fully saturated rings. The van der Waals surface area contributed by atoms with Gasteiger partial charge in [-0.15, -0.1) is 0 Å². The number of morpholine rings is 1. The molecule has 2 atom stereocenters. The Balaban J connectivity index is 1.45. The minimum Gasteiger partial charge on any atom is -0.366 e. The molecule has 8 heteroatoms. The average molecular weight is 392 g/mol. The molecule has 2 saturated heterocycles. The van der Waals surface area contributed by atoms with Crippen LogP contribution in [0.15, 0.2) is 24.3 Å². The molecule has 2 aliphatic rings. The second kappa shape index (κ2) is 9.84. The Hall–Kier alpha value is -2.19. The molecule has 2 unspecified atom stereocenters. The van der Waals surface area contributed by atoms with Crippen LogP contribution in [0.1, 0.15) is 19.8 Å². The van der Waals surface area contributed by atoms with Gasteiger partial charge in [0.25, 0.3) is 5.91 Å². The SMILES string of the molecule is CCN1CCOC(C(=O)N2CCCC(CNC(=O)Nc3cccc(F)c3)C2)C1. The Morgan fingerprint density at radius 3 is 2.93 bits per heavy atom. The summed E-state index contributed by atoms with van der Waals surface area (Å²) in [5.41, 5.74) is 0.410. The summed E-state index contributed by atoms with van der Waals surface area (Å²) in [4.78, 5) is 29.0. The highest BCUT2D eigenvalue weighted by Crippen LogP contribution is 2.18. The summed E-state index contributed by atoms with van der Waals surface area (Å²) in [5, 5.41) is 5.45. The van der Waals surface area contributed by atoms with Gasteiger partial charge in [0.05, 0.1) is 6.61 Å². The zero-order chi connectivity index (χ0) is 19.9. The van der Waals surface area contributed by atoms with Gasteiger partial charge in [-0.05, 0) is 43.5 Å². The van der Waals surface area contributed by atoms with Crippen LogP contribution in [0.4, 0.5) is 14.9 Å². The van der Waals surface area contributed by atoms with Crippen molar-refractivity contribution >= 4 is 17.6 Å². The van der Waals surface area contributed by atoms with Crippen LogP contribution >= 0.6 is 0 Å². The monoisotopic (exact) mass is 392 g/mol. The maximum Gasteiger partial charge on any atom is 0.319 e. The van der Waals surface area contributed by atoms with E-state index in [9.17, 15) is 14.0 Å². The lowest BCUT2D eigenvalue weighted by molar-refractivity contribution is -0.151. The van der Waals surface area contributed by atoms with E-state index >= 15 is 0 Å². The van der Waals surface area contributed by atoms with Crippen molar-refractivity contribution in [1.29, 1.82) is 0 Å². The number of piperidine rings is 1. The molecular formula is C20H29FN4O3. The minimum atomic E-state index is -0.397. The number of nitrogens with one attached hydrogen (secondary N) is 2. The number of anilines is 1. The van der Waals surface area contributed by atoms with E-state index in [0.29, 0.717) is 31.9 Å². The first kappa shape index (κ1) is 20.5. The molecule has 1 aromatic rings. The van der Waals surface area contributed by atoms with E-state index in [-0.39, 0.29) is 17.9 Å². The van der Waals surface area contributed by atoms with E-state index in [1.54, 1.807) is 12.1 Å². The number of carbonyl (C=O) groups is 2. The Bertz CT molecular complexity index is 687. The predicted octanol–water partition coefficient (Wildman–Crippen LogP) is 1.91. The summed E-state index contributed by atoms with van der Waals surface area (Å²) in [5.74, 6) is -0.153. The lowest BCUT2D eigenvalue weighted by Crippen LogP contribution is -2.53. The number of urea groups is 1. The van der Waals surface area contributed by atoms with Crippen LogP contribution in [0.25, 0.3) is 0 Å². The quantitative estimate of drug-likeness (QED) is 0.803. The van der Waals surface area contributed by atoms with Crippen LogP contribution in [0.5, 0.6) is 0 Å². The maximum atomic E-state index is 13.2. The van der Waals surface area contributed by atoms with Gasteiger partial charge in [-0.2, -0.15) is 0 Å². The first-order valence-corrected chi connectivity index (χ1v) is 9.98. The molecule has 1 aromatic carbocycles. The molecule has 0 bridgehead atoms. The van der Waals surface area contributed by atoms with Crippen molar-refractivity contribution in [2.24, 2.45) is 5.92 Å². The van der Waals surface area contributed by atoms with Crippen LogP contribution in [-0.4, -0.2) is 73.7 Å². The Morgan fingerprint density at radius 2 is 2.14 bits per heavy atom. The van der Waals surface area contributed by atoms with Gasteiger partial charge in [0, 0.05) is 38.4 Å². The summed E-state index contributed by atoms with van der Waals surface area (Å²) in [6.45, 7) is 6.92. The number of benzene rings is 1. The molecule has 0 aliphatic carbocycles. The largest absolute Gasteiger partial charge is 0.366 e. The highest BCUT2D eigenvalue weighted by molar-refractivity contribution is 5.89. The molecule has 28 heavy (non-hydrogen) atoms. The molecule has 0 saturated carbocycles. The van der Waals surface area contributed by atoms with Crippen LogP contribution < -0.4 is 10.6 Å². The third-order valence-electron chi connectivity index (χ3n) is 5.34. The van der Waals surface area contributed by atoms with Crippen molar-refractivity contribution in [2.45, 2.75) is 25.9 Å². The first-order chi connectivity index (χ1) is 13.5. The van der Waals surface area contributed by atoms with E-state index in [0.717, 1.165) is 32.5 Å². The molecule has 154 valence electrons. The summed E-state index contributed by atoms with van der Waals surface area (Å²) in [7, 11) is 0. The van der Waals surface area contributed by atoms with Crippen molar-refractivity contribution in [3.63, 3.8) is 0 Å². The summed E-state index contributed by atoms with van der Waals surface area (Å²) in [6.07, 6.45) is 1.47. The average Bonchev–Trinajstić information content (AvgIpc) is 2.72. The number of carbonyl (C=O) groups excluding carboxylic acids is 2. The number of ether oxygens (including phenoxy) is 1. The maximum absolute atomic E-state index is 13.2. The lowest BCUT2D eigenvalue weighted by atomic mass is 9.97. The third kappa shape index (κ3) is 5.65. The van der Waals surface area contributed by atoms with E-state index in [1.807, 2.05) is 4.90 Å². The molecular weight excluding hydrogens is 363 g/mol. The predicted molar refractivity (Wildman–Crippen MR) is 105 cm³/mol. The fourth-order valence-corrected chi connectivity index (χ4v) is 3.75. The first-order valence-electron chi connectivity index (χ1n) is 9.98. The molecule has 3 rings (SSSR count). The van der Waals surface area contributed by atoms with E-state index < -0.39 is 11.9 Å². The van der Waals surface area contributed by atoms with Crippen molar-refractivity contribution in [3.8, 4) is 0 Å².